The Kier molecular flexibility index (Phi) is 9.68. The molecule has 0 radical (unpaired) electrons. The summed E-state index contributed by atoms with van der Waals surface area (Å²) < 4.78 is 50.7. The Bertz CT molecular complexity index is 1990. The van der Waals surface area contributed by atoms with Gasteiger partial charge in [-0.1, -0.05) is 49.3 Å². The number of ketones is 1. The van der Waals surface area contributed by atoms with Gasteiger partial charge >= 0.3 is 0 Å². The lowest BCUT2D eigenvalue weighted by atomic mass is 9.85. The summed E-state index contributed by atoms with van der Waals surface area (Å²) in [6, 6.07) is 13.7. The van der Waals surface area contributed by atoms with Gasteiger partial charge in [0.1, 0.15) is 17.2 Å². The summed E-state index contributed by atoms with van der Waals surface area (Å²) in [7, 11) is -3.96. The van der Waals surface area contributed by atoms with Crippen LogP contribution in [0.2, 0.25) is 0 Å². The summed E-state index contributed by atoms with van der Waals surface area (Å²) in [6.45, 7) is 5.50. The standard InChI is InChI=1S/C39H48FN5O6S/c1-24(2)45-32-18-12-16-30(40)33(32)42-37(45)51-27-21-28-29(22-27)35(47)43-39(36(48)44-52(49,50)38(3)19-20-38)23-25(39)13-8-5-4-6-11-17-31(34(28)46)41-26-14-9-7-10-15-26/h7-10,12-16,18,24-25,27-29,31,41H,4-6,11,17,19-23H2,1-3H3,(H,43,47)(H,44,48)/t25-,27+,28?,29-,31+,39-/m1/s1. The molecule has 3 aromatic rings. The molecule has 2 aromatic carbocycles. The molecule has 3 fully saturated rings. The third-order valence-corrected chi connectivity index (χ3v) is 13.6. The summed E-state index contributed by atoms with van der Waals surface area (Å²) in [5.74, 6) is -3.88. The maximum Gasteiger partial charge on any atom is 0.297 e. The smallest absolute Gasteiger partial charge is 0.297 e. The highest BCUT2D eigenvalue weighted by Gasteiger charge is 2.63. The summed E-state index contributed by atoms with van der Waals surface area (Å²) in [6.07, 6.45) is 8.72. The van der Waals surface area contributed by atoms with E-state index in [4.69, 9.17) is 4.74 Å². The topological polar surface area (TPSA) is 148 Å². The molecule has 3 saturated carbocycles. The van der Waals surface area contributed by atoms with Crippen molar-refractivity contribution >= 4 is 44.3 Å². The molecule has 1 aliphatic heterocycles. The number of carbonyl (C=O) groups is 3. The maximum absolute atomic E-state index is 14.8. The Labute approximate surface area is 304 Å². The molecule has 0 saturated heterocycles. The van der Waals surface area contributed by atoms with Crippen LogP contribution >= 0.6 is 0 Å². The van der Waals surface area contributed by atoms with Crippen LogP contribution in [0.5, 0.6) is 6.01 Å². The predicted molar refractivity (Wildman–Crippen MR) is 195 cm³/mol. The molecular weight excluding hydrogens is 686 g/mol. The van der Waals surface area contributed by atoms with Gasteiger partial charge in [-0.15, -0.1) is 0 Å². The second-order valence-corrected chi connectivity index (χ2v) is 17.8. The van der Waals surface area contributed by atoms with Crippen LogP contribution in [0.1, 0.15) is 91.0 Å². The predicted octanol–water partition coefficient (Wildman–Crippen LogP) is 5.97. The number of anilines is 1. The van der Waals surface area contributed by atoms with Crippen LogP contribution in [-0.4, -0.2) is 58.0 Å². The number of fused-ring (bicyclic) bond motifs is 3. The van der Waals surface area contributed by atoms with Crippen LogP contribution in [0.25, 0.3) is 11.0 Å². The number of amides is 2. The highest BCUT2D eigenvalue weighted by atomic mass is 32.2. The van der Waals surface area contributed by atoms with E-state index in [0.29, 0.717) is 24.8 Å². The lowest BCUT2D eigenvalue weighted by Crippen LogP contribution is -2.55. The van der Waals surface area contributed by atoms with E-state index in [1.165, 1.54) is 6.07 Å². The molecule has 13 heteroatoms. The molecule has 0 bridgehead atoms. The molecule has 11 nitrogen and oxygen atoms in total. The Morgan fingerprint density at radius 2 is 1.79 bits per heavy atom. The van der Waals surface area contributed by atoms with Crippen molar-refractivity contribution in [2.75, 3.05) is 5.32 Å². The number of Topliss-reactive ketones (excluding diaryl/α,β-unsaturated/α-hetero) is 1. The zero-order chi connectivity index (χ0) is 36.8. The number of halogens is 1. The second kappa shape index (κ2) is 13.9. The molecule has 278 valence electrons. The average molecular weight is 734 g/mol. The van der Waals surface area contributed by atoms with E-state index >= 15 is 0 Å². The Morgan fingerprint density at radius 3 is 2.52 bits per heavy atom. The van der Waals surface area contributed by atoms with Crippen LogP contribution in [0, 0.1) is 23.6 Å². The van der Waals surface area contributed by atoms with Gasteiger partial charge < -0.3 is 15.4 Å². The maximum atomic E-state index is 14.8. The van der Waals surface area contributed by atoms with Gasteiger partial charge in [0.2, 0.25) is 15.9 Å². The SMILES string of the molecule is CC(C)n1c(O[C@H]2CC3C(=O)[C@@H](Nc4ccccc4)CCCCCC=C[C@@H]4C[C@@]4(C(=O)NS(=O)(=O)C4(C)CC4)NC(=O)[C@@H]3C2)nc2c(F)cccc21. The minimum Gasteiger partial charge on any atom is -0.461 e. The Morgan fingerprint density at radius 1 is 1.04 bits per heavy atom. The number of rotatable bonds is 8. The van der Waals surface area contributed by atoms with E-state index in [-0.39, 0.29) is 48.5 Å². The summed E-state index contributed by atoms with van der Waals surface area (Å²) in [4.78, 5) is 47.5. The molecule has 1 unspecified atom stereocenters. The van der Waals surface area contributed by atoms with Crippen molar-refractivity contribution in [1.82, 2.24) is 19.6 Å². The first kappa shape index (κ1) is 36.1. The number of sulfonamides is 1. The molecule has 3 aliphatic carbocycles. The van der Waals surface area contributed by atoms with E-state index in [2.05, 4.69) is 20.3 Å². The number of hydrogen-bond acceptors (Lipinski definition) is 8. The zero-order valence-corrected chi connectivity index (χ0v) is 30.8. The van der Waals surface area contributed by atoms with Crippen molar-refractivity contribution in [3.8, 4) is 6.01 Å². The van der Waals surface area contributed by atoms with E-state index < -0.39 is 61.9 Å². The van der Waals surface area contributed by atoms with Crippen LogP contribution in [0.3, 0.4) is 0 Å². The van der Waals surface area contributed by atoms with E-state index in [9.17, 15) is 27.2 Å². The Hall–Kier alpha value is -4.26. The molecular formula is C39H48FN5O6S. The largest absolute Gasteiger partial charge is 0.461 e. The first-order valence-electron chi connectivity index (χ1n) is 18.6. The fourth-order valence-electron chi connectivity index (χ4n) is 7.89. The van der Waals surface area contributed by atoms with Crippen LogP contribution < -0.4 is 20.1 Å². The highest BCUT2D eigenvalue weighted by Crippen LogP contribution is 2.48. The number of hydrogen-bond donors (Lipinski definition) is 3. The monoisotopic (exact) mass is 733 g/mol. The molecule has 0 spiro atoms. The van der Waals surface area contributed by atoms with Crippen molar-refractivity contribution in [2.45, 2.75) is 113 Å². The first-order valence-corrected chi connectivity index (χ1v) is 20.0. The Balaban J connectivity index is 1.21. The number of benzene rings is 2. The number of nitrogens with zero attached hydrogens (tertiary/aromatic N) is 2. The van der Waals surface area contributed by atoms with Gasteiger partial charge in [0.25, 0.3) is 11.9 Å². The van der Waals surface area contributed by atoms with Gasteiger partial charge in [0.05, 0.1) is 22.2 Å². The van der Waals surface area contributed by atoms with Crippen molar-refractivity contribution in [3.63, 3.8) is 0 Å². The van der Waals surface area contributed by atoms with Crippen molar-refractivity contribution < 1.29 is 31.9 Å². The van der Waals surface area contributed by atoms with Crippen LogP contribution in [0.4, 0.5) is 10.1 Å². The molecule has 4 aliphatic rings. The normalized spacial score (nSPS) is 29.0. The lowest BCUT2D eigenvalue weighted by molar-refractivity contribution is -0.135. The molecule has 2 amide bonds. The number of nitrogens with one attached hydrogen (secondary N) is 3. The molecule has 6 atom stereocenters. The van der Waals surface area contributed by atoms with Crippen molar-refractivity contribution in [1.29, 1.82) is 0 Å². The number of allylic oxidation sites excluding steroid dienone is 1. The summed E-state index contributed by atoms with van der Waals surface area (Å²) in [5.41, 5.74) is 0.0941. The van der Waals surface area contributed by atoms with E-state index in [1.807, 2.05) is 60.9 Å². The van der Waals surface area contributed by atoms with E-state index in [0.717, 1.165) is 31.4 Å². The number of aromatic nitrogens is 2. The summed E-state index contributed by atoms with van der Waals surface area (Å²) in [5, 5.41) is 6.39. The summed E-state index contributed by atoms with van der Waals surface area (Å²) >= 11 is 0. The molecule has 52 heavy (non-hydrogen) atoms. The van der Waals surface area contributed by atoms with Gasteiger partial charge in [-0.2, -0.15) is 4.98 Å². The minimum atomic E-state index is -3.96. The van der Waals surface area contributed by atoms with Crippen molar-refractivity contribution in [3.05, 3.63) is 66.5 Å². The first-order chi connectivity index (χ1) is 24.8. The zero-order valence-electron chi connectivity index (χ0n) is 29.9. The van der Waals surface area contributed by atoms with Crippen molar-refractivity contribution in [2.24, 2.45) is 17.8 Å². The average Bonchev–Trinajstić information content (AvgIpc) is 3.92. The highest BCUT2D eigenvalue weighted by molar-refractivity contribution is 7.91. The number of ether oxygens (including phenoxy) is 1. The molecule has 3 N–H and O–H groups in total. The van der Waals surface area contributed by atoms with E-state index in [1.54, 1.807) is 19.1 Å². The van der Waals surface area contributed by atoms with Gasteiger partial charge in [0, 0.05) is 23.6 Å². The molecule has 2 heterocycles. The molecule has 7 rings (SSSR count). The van der Waals surface area contributed by atoms with Gasteiger partial charge in [-0.3, -0.25) is 23.7 Å². The third-order valence-electron chi connectivity index (χ3n) is 11.4. The number of imidazole rings is 1. The minimum absolute atomic E-state index is 0.120. The van der Waals surface area contributed by atoms with Crippen LogP contribution in [-0.2, 0) is 24.4 Å². The van der Waals surface area contributed by atoms with Gasteiger partial charge in [0.15, 0.2) is 11.6 Å². The van der Waals surface area contributed by atoms with Crippen LogP contribution in [0.15, 0.2) is 60.7 Å². The second-order valence-electron chi connectivity index (χ2n) is 15.6. The quantitative estimate of drug-likeness (QED) is 0.240. The third kappa shape index (κ3) is 6.95. The lowest BCUT2D eigenvalue weighted by Gasteiger charge is -2.27. The fraction of sp³-hybridized carbons (Fsp3) is 0.538. The number of para-hydroxylation sites is 2. The van der Waals surface area contributed by atoms with Gasteiger partial charge in [-0.05, 0) is 96.4 Å². The van der Waals surface area contributed by atoms with Gasteiger partial charge in [-0.25, -0.2) is 12.8 Å². The molecule has 1 aromatic heterocycles. The number of carbonyl (C=O) groups excluding carboxylic acids is 3. The fourth-order valence-corrected chi connectivity index (χ4v) is 9.20.